The molecule has 10 aromatic rings. The minimum atomic E-state index is 0.791. The van der Waals surface area contributed by atoms with Crippen molar-refractivity contribution in [3.05, 3.63) is 109 Å². The molecule has 4 aromatic heterocycles. The predicted molar refractivity (Wildman–Crippen MR) is 163 cm³/mol. The molecular weight excluding hydrogens is 494 g/mol. The summed E-state index contributed by atoms with van der Waals surface area (Å²) in [6.45, 7) is 0. The first-order valence-corrected chi connectivity index (χ1v) is 13.4. The van der Waals surface area contributed by atoms with Gasteiger partial charge >= 0.3 is 0 Å². The van der Waals surface area contributed by atoms with E-state index in [0.717, 1.165) is 88.0 Å². The molecule has 4 heteroatoms. The van der Waals surface area contributed by atoms with Crippen LogP contribution in [0, 0.1) is 0 Å². The average Bonchev–Trinajstić information content (AvgIpc) is 3.75. The number of furan rings is 3. The zero-order valence-electron chi connectivity index (χ0n) is 21.1. The number of rotatable bonds is 1. The summed E-state index contributed by atoms with van der Waals surface area (Å²) < 4.78 is 19.0. The van der Waals surface area contributed by atoms with Crippen LogP contribution < -0.4 is 0 Å². The SMILES string of the molecule is c1ccc2c(c1)[nH]c1c2ccc2c3cc(-c4ccc5oc6c(ccc7c8ccccc8oc76)c5c4)ccc3oc21. The standard InChI is InChI=1S/C36H19NO3/c1-3-7-29-21(5-1)23-11-12-25-27-17-19(9-15-31(27)38-34(25)33(23)37-29)20-10-16-32-28(18-20)26-14-13-24-22-6-2-4-8-30(22)39-35(24)36(26)40-32/h1-18,37H. The van der Waals surface area contributed by atoms with Crippen LogP contribution in [0.25, 0.3) is 98.7 Å². The summed E-state index contributed by atoms with van der Waals surface area (Å²) in [6, 6.07) is 38.0. The molecule has 0 fully saturated rings. The lowest BCUT2D eigenvalue weighted by molar-refractivity contribution is 0.633. The molecule has 1 N–H and O–H groups in total. The molecule has 0 unspecified atom stereocenters. The van der Waals surface area contributed by atoms with E-state index in [9.17, 15) is 0 Å². The van der Waals surface area contributed by atoms with Crippen molar-refractivity contribution in [2.45, 2.75) is 0 Å². The summed E-state index contributed by atoms with van der Waals surface area (Å²) >= 11 is 0. The highest BCUT2D eigenvalue weighted by molar-refractivity contribution is 6.21. The molecule has 4 nitrogen and oxygen atoms in total. The summed E-state index contributed by atoms with van der Waals surface area (Å²) in [5.74, 6) is 0. The lowest BCUT2D eigenvalue weighted by Gasteiger charge is -2.02. The highest BCUT2D eigenvalue weighted by Gasteiger charge is 2.18. The molecule has 0 radical (unpaired) electrons. The number of H-pyrrole nitrogens is 1. The Morgan fingerprint density at radius 1 is 0.375 bits per heavy atom. The zero-order valence-corrected chi connectivity index (χ0v) is 21.1. The van der Waals surface area contributed by atoms with Gasteiger partial charge in [0.2, 0.25) is 0 Å². The van der Waals surface area contributed by atoms with E-state index in [-0.39, 0.29) is 0 Å². The maximum Gasteiger partial charge on any atom is 0.178 e. The molecule has 0 amide bonds. The molecule has 0 atom stereocenters. The summed E-state index contributed by atoms with van der Waals surface area (Å²) in [7, 11) is 0. The Hall–Kier alpha value is -5.48. The number of hydrogen-bond donors (Lipinski definition) is 1. The Morgan fingerprint density at radius 2 is 0.900 bits per heavy atom. The minimum absolute atomic E-state index is 0.791. The van der Waals surface area contributed by atoms with Crippen molar-refractivity contribution < 1.29 is 13.3 Å². The van der Waals surface area contributed by atoms with Crippen LogP contribution in [0.5, 0.6) is 0 Å². The second-order valence-electron chi connectivity index (χ2n) is 10.6. The minimum Gasteiger partial charge on any atom is -0.454 e. The molecular formula is C36H19NO3. The lowest BCUT2D eigenvalue weighted by atomic mass is 10.00. The number of nitrogens with one attached hydrogen (secondary N) is 1. The van der Waals surface area contributed by atoms with Gasteiger partial charge in [0.25, 0.3) is 0 Å². The van der Waals surface area contributed by atoms with E-state index >= 15 is 0 Å². The van der Waals surface area contributed by atoms with Crippen molar-refractivity contribution in [2.75, 3.05) is 0 Å². The highest BCUT2D eigenvalue weighted by Crippen LogP contribution is 2.41. The fourth-order valence-corrected chi connectivity index (χ4v) is 6.53. The first kappa shape index (κ1) is 20.5. The maximum atomic E-state index is 6.41. The van der Waals surface area contributed by atoms with E-state index in [1.807, 2.05) is 18.2 Å². The average molecular weight is 514 g/mol. The second-order valence-corrected chi connectivity index (χ2v) is 10.6. The van der Waals surface area contributed by atoms with Crippen LogP contribution in [0.3, 0.4) is 0 Å². The molecule has 6 aromatic carbocycles. The van der Waals surface area contributed by atoms with Crippen molar-refractivity contribution in [1.82, 2.24) is 4.98 Å². The lowest BCUT2D eigenvalue weighted by Crippen LogP contribution is -1.78. The normalized spacial score (nSPS) is 12.5. The second kappa shape index (κ2) is 7.13. The van der Waals surface area contributed by atoms with Crippen molar-refractivity contribution in [2.24, 2.45) is 0 Å². The third-order valence-electron chi connectivity index (χ3n) is 8.43. The van der Waals surface area contributed by atoms with E-state index in [1.165, 1.54) is 10.8 Å². The van der Waals surface area contributed by atoms with Gasteiger partial charge in [0, 0.05) is 48.6 Å². The largest absolute Gasteiger partial charge is 0.454 e. The smallest absolute Gasteiger partial charge is 0.178 e. The van der Waals surface area contributed by atoms with Crippen molar-refractivity contribution in [3.8, 4) is 11.1 Å². The molecule has 0 aliphatic carbocycles. The molecule has 40 heavy (non-hydrogen) atoms. The number of aromatic nitrogens is 1. The van der Waals surface area contributed by atoms with E-state index < -0.39 is 0 Å². The van der Waals surface area contributed by atoms with Gasteiger partial charge in [0.1, 0.15) is 16.7 Å². The van der Waals surface area contributed by atoms with E-state index in [2.05, 4.69) is 96.0 Å². The third kappa shape index (κ3) is 2.55. The van der Waals surface area contributed by atoms with Gasteiger partial charge in [-0.3, -0.25) is 0 Å². The van der Waals surface area contributed by atoms with Crippen LogP contribution in [-0.2, 0) is 0 Å². The third-order valence-corrected chi connectivity index (χ3v) is 8.43. The quantitative estimate of drug-likeness (QED) is 0.237. The fourth-order valence-electron chi connectivity index (χ4n) is 6.53. The van der Waals surface area contributed by atoms with Crippen molar-refractivity contribution in [1.29, 1.82) is 0 Å². The monoisotopic (exact) mass is 513 g/mol. The van der Waals surface area contributed by atoms with E-state index in [0.29, 0.717) is 0 Å². The van der Waals surface area contributed by atoms with Crippen LogP contribution in [0.1, 0.15) is 0 Å². The van der Waals surface area contributed by atoms with Crippen LogP contribution in [0.2, 0.25) is 0 Å². The predicted octanol–water partition coefficient (Wildman–Crippen LogP) is 10.7. The summed E-state index contributed by atoms with van der Waals surface area (Å²) in [4.78, 5) is 3.57. The summed E-state index contributed by atoms with van der Waals surface area (Å²) in [6.07, 6.45) is 0. The van der Waals surface area contributed by atoms with Gasteiger partial charge in [0.05, 0.1) is 5.52 Å². The van der Waals surface area contributed by atoms with Crippen molar-refractivity contribution >= 4 is 87.6 Å². The summed E-state index contributed by atoms with van der Waals surface area (Å²) in [5.41, 5.74) is 9.51. The zero-order chi connectivity index (χ0) is 25.9. The fraction of sp³-hybridized carbons (Fsp3) is 0. The van der Waals surface area contributed by atoms with Crippen LogP contribution >= 0.6 is 0 Å². The first-order valence-electron chi connectivity index (χ1n) is 13.4. The molecule has 0 bridgehead atoms. The maximum absolute atomic E-state index is 6.41. The number of fused-ring (bicyclic) bond motifs is 14. The molecule has 0 saturated heterocycles. The Morgan fingerprint density at radius 3 is 1.62 bits per heavy atom. The number of aromatic amines is 1. The molecule has 0 saturated carbocycles. The van der Waals surface area contributed by atoms with Crippen molar-refractivity contribution in [3.63, 3.8) is 0 Å². The Bertz CT molecular complexity index is 2470. The first-order chi connectivity index (χ1) is 19.8. The highest BCUT2D eigenvalue weighted by atomic mass is 16.4. The van der Waals surface area contributed by atoms with Gasteiger partial charge in [-0.15, -0.1) is 0 Å². The van der Waals surface area contributed by atoms with Crippen LogP contribution in [0.15, 0.2) is 122 Å². The molecule has 10 rings (SSSR count). The number of para-hydroxylation sites is 2. The van der Waals surface area contributed by atoms with Gasteiger partial charge in [-0.2, -0.15) is 0 Å². The Labute approximate surface area is 226 Å². The molecule has 4 heterocycles. The topological polar surface area (TPSA) is 55.2 Å². The van der Waals surface area contributed by atoms with Crippen LogP contribution in [0.4, 0.5) is 0 Å². The van der Waals surface area contributed by atoms with Crippen LogP contribution in [-0.4, -0.2) is 4.98 Å². The summed E-state index contributed by atoms with van der Waals surface area (Å²) in [5, 5.41) is 8.91. The molecule has 0 aliphatic rings. The molecule has 0 aliphatic heterocycles. The molecule has 186 valence electrons. The Balaban J connectivity index is 1.18. The van der Waals surface area contributed by atoms with Gasteiger partial charge < -0.3 is 18.2 Å². The van der Waals surface area contributed by atoms with Gasteiger partial charge in [-0.1, -0.05) is 54.6 Å². The van der Waals surface area contributed by atoms with Gasteiger partial charge in [0.15, 0.2) is 16.7 Å². The number of hydrogen-bond acceptors (Lipinski definition) is 3. The molecule has 0 spiro atoms. The van der Waals surface area contributed by atoms with Gasteiger partial charge in [-0.05, 0) is 65.7 Å². The van der Waals surface area contributed by atoms with Gasteiger partial charge in [-0.25, -0.2) is 0 Å². The number of benzene rings is 6. The van der Waals surface area contributed by atoms with E-state index in [1.54, 1.807) is 0 Å². The Kier molecular flexibility index (Phi) is 3.65. The van der Waals surface area contributed by atoms with E-state index in [4.69, 9.17) is 13.3 Å².